The van der Waals surface area contributed by atoms with Gasteiger partial charge in [0.25, 0.3) is 0 Å². The number of rotatable bonds is 2. The van der Waals surface area contributed by atoms with E-state index in [2.05, 4.69) is 4.74 Å². The topological polar surface area (TPSA) is 26.3 Å². The third kappa shape index (κ3) is 2.95. The predicted molar refractivity (Wildman–Crippen MR) is 41.8 cm³/mol. The SMILES string of the molecule is COC(=O)C(Cl)C(C)(Cl)Cl. The molecule has 0 radical (unpaired) electrons. The minimum absolute atomic E-state index is 0.630. The number of methoxy groups -OCH3 is 1. The molecule has 0 N–H and O–H groups in total. The van der Waals surface area contributed by atoms with Gasteiger partial charge in [0, 0.05) is 0 Å². The Morgan fingerprint density at radius 2 is 2.00 bits per heavy atom. The number of carbonyl (C=O) groups is 1. The molecule has 60 valence electrons. The van der Waals surface area contributed by atoms with Gasteiger partial charge in [-0.2, -0.15) is 0 Å². The summed E-state index contributed by atoms with van der Waals surface area (Å²) in [6.45, 7) is 1.42. The van der Waals surface area contributed by atoms with Crippen molar-refractivity contribution in [1.82, 2.24) is 0 Å². The number of ether oxygens (including phenoxy) is 1. The fourth-order valence-corrected chi connectivity index (χ4v) is 0.578. The number of esters is 1. The van der Waals surface area contributed by atoms with Crippen LogP contribution in [0.1, 0.15) is 6.92 Å². The second-order valence-corrected chi connectivity index (χ2v) is 4.04. The van der Waals surface area contributed by atoms with Crippen LogP contribution < -0.4 is 0 Å². The Labute approximate surface area is 74.4 Å². The third-order valence-corrected chi connectivity index (χ3v) is 2.13. The smallest absolute Gasteiger partial charge is 0.326 e. The lowest BCUT2D eigenvalue weighted by molar-refractivity contribution is -0.140. The molecule has 0 fully saturated rings. The second kappa shape index (κ2) is 3.65. The fraction of sp³-hybridized carbons (Fsp3) is 0.800. The van der Waals surface area contributed by atoms with Crippen LogP contribution in [-0.4, -0.2) is 22.8 Å². The van der Waals surface area contributed by atoms with E-state index < -0.39 is 15.7 Å². The van der Waals surface area contributed by atoms with Crippen molar-refractivity contribution < 1.29 is 9.53 Å². The molecule has 5 heteroatoms. The Morgan fingerprint density at radius 3 is 2.10 bits per heavy atom. The highest BCUT2D eigenvalue weighted by Gasteiger charge is 2.34. The molecule has 0 aromatic carbocycles. The highest BCUT2D eigenvalue weighted by Crippen LogP contribution is 2.29. The van der Waals surface area contributed by atoms with Gasteiger partial charge in [-0.1, -0.05) is 23.2 Å². The van der Waals surface area contributed by atoms with Crippen LogP contribution in [-0.2, 0) is 9.53 Å². The average Bonchev–Trinajstić information content (AvgIpc) is 1.83. The zero-order chi connectivity index (χ0) is 8.36. The molecule has 1 atom stereocenters. The zero-order valence-electron chi connectivity index (χ0n) is 5.53. The maximum Gasteiger partial charge on any atom is 0.326 e. The minimum atomic E-state index is -1.28. The Morgan fingerprint density at radius 1 is 1.60 bits per heavy atom. The van der Waals surface area contributed by atoms with Crippen molar-refractivity contribution in [3.8, 4) is 0 Å². The Kier molecular flexibility index (Phi) is 3.77. The van der Waals surface area contributed by atoms with E-state index in [1.165, 1.54) is 14.0 Å². The molecule has 0 spiro atoms. The average molecular weight is 205 g/mol. The first-order valence-electron chi connectivity index (χ1n) is 2.49. The van der Waals surface area contributed by atoms with Gasteiger partial charge in [-0.15, -0.1) is 11.6 Å². The quantitative estimate of drug-likeness (QED) is 0.509. The van der Waals surface area contributed by atoms with E-state index in [0.29, 0.717) is 0 Å². The van der Waals surface area contributed by atoms with Crippen LogP contribution in [0.25, 0.3) is 0 Å². The molecule has 0 saturated carbocycles. The number of carbonyl (C=O) groups excluding carboxylic acids is 1. The van der Waals surface area contributed by atoms with Crippen molar-refractivity contribution in [1.29, 1.82) is 0 Å². The van der Waals surface area contributed by atoms with Crippen LogP contribution in [0.3, 0.4) is 0 Å². The first-order chi connectivity index (χ1) is 4.39. The highest BCUT2D eigenvalue weighted by atomic mass is 35.5. The maximum absolute atomic E-state index is 10.6. The van der Waals surface area contributed by atoms with E-state index in [1.54, 1.807) is 0 Å². The van der Waals surface area contributed by atoms with Crippen molar-refractivity contribution in [2.75, 3.05) is 7.11 Å². The van der Waals surface area contributed by atoms with E-state index in [9.17, 15) is 4.79 Å². The van der Waals surface area contributed by atoms with Gasteiger partial charge in [-0.25, -0.2) is 0 Å². The fourth-order valence-electron chi connectivity index (χ4n) is 0.310. The summed E-state index contributed by atoms with van der Waals surface area (Å²) in [5, 5.41) is -1.03. The van der Waals surface area contributed by atoms with E-state index in [0.717, 1.165) is 0 Å². The van der Waals surface area contributed by atoms with E-state index in [4.69, 9.17) is 34.8 Å². The second-order valence-electron chi connectivity index (χ2n) is 1.84. The summed E-state index contributed by atoms with van der Waals surface area (Å²) in [5.74, 6) is -0.630. The van der Waals surface area contributed by atoms with Gasteiger partial charge in [-0.05, 0) is 6.92 Å². The van der Waals surface area contributed by atoms with Gasteiger partial charge in [0.15, 0.2) is 5.38 Å². The van der Waals surface area contributed by atoms with E-state index in [-0.39, 0.29) is 0 Å². The number of alkyl halides is 3. The number of hydrogen-bond acceptors (Lipinski definition) is 2. The standard InChI is InChI=1S/C5H7Cl3O2/c1-5(7,8)3(6)4(9)10-2/h3H,1-2H3. The van der Waals surface area contributed by atoms with Gasteiger partial charge < -0.3 is 4.74 Å². The molecule has 1 unspecified atom stereocenters. The molecule has 0 aromatic heterocycles. The van der Waals surface area contributed by atoms with Gasteiger partial charge >= 0.3 is 5.97 Å². The predicted octanol–water partition coefficient (Wildman–Crippen LogP) is 1.96. The lowest BCUT2D eigenvalue weighted by Crippen LogP contribution is -2.31. The van der Waals surface area contributed by atoms with Crippen molar-refractivity contribution in [3.05, 3.63) is 0 Å². The van der Waals surface area contributed by atoms with Crippen molar-refractivity contribution in [3.63, 3.8) is 0 Å². The van der Waals surface area contributed by atoms with Gasteiger partial charge in [-0.3, -0.25) is 4.79 Å². The Hall–Kier alpha value is 0.340. The molecular weight excluding hydrogens is 198 g/mol. The van der Waals surface area contributed by atoms with E-state index >= 15 is 0 Å². The molecular formula is C5H7Cl3O2. The first kappa shape index (κ1) is 10.3. The lowest BCUT2D eigenvalue weighted by atomic mass is 10.3. The summed E-state index contributed by atoms with van der Waals surface area (Å²) < 4.78 is 3.02. The van der Waals surface area contributed by atoms with Crippen molar-refractivity contribution in [2.24, 2.45) is 0 Å². The highest BCUT2D eigenvalue weighted by molar-refractivity contribution is 6.54. The summed E-state index contributed by atoms with van der Waals surface area (Å²) >= 11 is 16.4. The summed E-state index contributed by atoms with van der Waals surface area (Å²) in [4.78, 5) is 10.6. The van der Waals surface area contributed by atoms with Crippen LogP contribution in [0.5, 0.6) is 0 Å². The van der Waals surface area contributed by atoms with Crippen LogP contribution in [0.2, 0.25) is 0 Å². The molecule has 0 rings (SSSR count). The minimum Gasteiger partial charge on any atom is -0.468 e. The molecule has 0 saturated heterocycles. The molecule has 0 bridgehead atoms. The monoisotopic (exact) mass is 204 g/mol. The van der Waals surface area contributed by atoms with Gasteiger partial charge in [0.1, 0.15) is 4.33 Å². The van der Waals surface area contributed by atoms with Crippen LogP contribution in [0.15, 0.2) is 0 Å². The molecule has 0 amide bonds. The Balaban J connectivity index is 4.08. The van der Waals surface area contributed by atoms with Gasteiger partial charge in [0.05, 0.1) is 7.11 Å². The normalized spacial score (nSPS) is 14.5. The Bertz CT molecular complexity index is 129. The summed E-state index contributed by atoms with van der Waals surface area (Å²) in [5.41, 5.74) is 0. The third-order valence-electron chi connectivity index (χ3n) is 0.853. The van der Waals surface area contributed by atoms with Crippen LogP contribution >= 0.6 is 34.8 Å². The number of halogens is 3. The van der Waals surface area contributed by atoms with Crippen LogP contribution in [0.4, 0.5) is 0 Å². The first-order valence-corrected chi connectivity index (χ1v) is 3.68. The molecule has 0 aliphatic carbocycles. The molecule has 2 nitrogen and oxygen atoms in total. The zero-order valence-corrected chi connectivity index (χ0v) is 7.80. The molecule has 0 aliphatic heterocycles. The summed E-state index contributed by atoms with van der Waals surface area (Å²) in [6, 6.07) is 0. The maximum atomic E-state index is 10.6. The lowest BCUT2D eigenvalue weighted by Gasteiger charge is -2.16. The molecule has 0 heterocycles. The van der Waals surface area contributed by atoms with Gasteiger partial charge in [0.2, 0.25) is 0 Å². The van der Waals surface area contributed by atoms with Crippen molar-refractivity contribution >= 4 is 40.8 Å². The van der Waals surface area contributed by atoms with E-state index in [1.807, 2.05) is 0 Å². The summed E-state index contributed by atoms with van der Waals surface area (Å²) in [6.07, 6.45) is 0. The molecule has 0 aromatic rings. The molecule has 0 aliphatic rings. The summed E-state index contributed by atoms with van der Waals surface area (Å²) in [7, 11) is 1.22. The largest absolute Gasteiger partial charge is 0.468 e. The van der Waals surface area contributed by atoms with Crippen molar-refractivity contribution in [2.45, 2.75) is 16.6 Å². The molecule has 10 heavy (non-hydrogen) atoms. The number of hydrogen-bond donors (Lipinski definition) is 0. The van der Waals surface area contributed by atoms with Crippen LogP contribution in [0, 0.1) is 0 Å².